The summed E-state index contributed by atoms with van der Waals surface area (Å²) in [5.41, 5.74) is 7.57. The van der Waals surface area contributed by atoms with Gasteiger partial charge >= 0.3 is 0 Å². The number of para-hydroxylation sites is 2. The predicted molar refractivity (Wildman–Crippen MR) is 159 cm³/mol. The summed E-state index contributed by atoms with van der Waals surface area (Å²) in [4.78, 5) is 26.6. The van der Waals surface area contributed by atoms with Crippen LogP contribution in [0, 0.1) is 0 Å². The number of aromatic nitrogens is 4. The first-order valence-corrected chi connectivity index (χ1v) is 13.7. The number of Topliss-reactive ketones (excluding diaryl/α,β-unsaturated/α-hetero) is 1. The van der Waals surface area contributed by atoms with Gasteiger partial charge in [0, 0.05) is 18.1 Å². The summed E-state index contributed by atoms with van der Waals surface area (Å²) in [6, 6.07) is 38.3. The normalized spacial score (nSPS) is 11.4. The summed E-state index contributed by atoms with van der Waals surface area (Å²) >= 11 is 1.10. The average Bonchev–Trinajstić information content (AvgIpc) is 3.65. The molecule has 0 saturated carbocycles. The molecule has 2 heterocycles. The van der Waals surface area contributed by atoms with Gasteiger partial charge in [0.25, 0.3) is 5.91 Å². The largest absolute Gasteiger partial charge is 0.292 e. The molecule has 0 bridgehead atoms. The molecule has 0 radical (unpaired) electrons. The van der Waals surface area contributed by atoms with E-state index >= 15 is 0 Å². The number of amides is 1. The highest BCUT2D eigenvalue weighted by molar-refractivity contribution is 7.10. The Labute approximate surface area is 239 Å². The molecule has 0 fully saturated rings. The van der Waals surface area contributed by atoms with Crippen molar-refractivity contribution in [1.82, 2.24) is 25.0 Å². The Kier molecular flexibility index (Phi) is 7.17. The molecular weight excluding hydrogens is 532 g/mol. The van der Waals surface area contributed by atoms with Gasteiger partial charge in [-0.05, 0) is 29.8 Å². The van der Waals surface area contributed by atoms with Gasteiger partial charge in [0.2, 0.25) is 4.80 Å². The molecular formula is C32H24N6O2S. The highest BCUT2D eigenvalue weighted by Crippen LogP contribution is 2.36. The van der Waals surface area contributed by atoms with E-state index in [1.54, 1.807) is 9.36 Å². The minimum absolute atomic E-state index is 0.187. The first-order valence-electron chi connectivity index (χ1n) is 12.9. The maximum absolute atomic E-state index is 14.1. The molecule has 0 aliphatic heterocycles. The summed E-state index contributed by atoms with van der Waals surface area (Å²) in [5, 5.41) is 14.1. The number of hydrogen-bond donors (Lipinski definition) is 1. The van der Waals surface area contributed by atoms with E-state index in [0.717, 1.165) is 33.8 Å². The molecule has 2 aromatic heterocycles. The van der Waals surface area contributed by atoms with Crippen molar-refractivity contribution in [2.24, 2.45) is 5.10 Å². The average molecular weight is 557 g/mol. The van der Waals surface area contributed by atoms with E-state index in [9.17, 15) is 9.59 Å². The number of rotatable bonds is 7. The van der Waals surface area contributed by atoms with Crippen molar-refractivity contribution in [2.45, 2.75) is 6.92 Å². The van der Waals surface area contributed by atoms with Crippen molar-refractivity contribution in [2.75, 3.05) is 0 Å². The Morgan fingerprint density at radius 3 is 1.76 bits per heavy atom. The quantitative estimate of drug-likeness (QED) is 0.196. The van der Waals surface area contributed by atoms with Crippen molar-refractivity contribution in [1.29, 1.82) is 0 Å². The fourth-order valence-electron chi connectivity index (χ4n) is 4.45. The van der Waals surface area contributed by atoms with E-state index < -0.39 is 5.91 Å². The van der Waals surface area contributed by atoms with E-state index in [-0.39, 0.29) is 10.8 Å². The molecule has 1 N–H and O–H groups in total. The lowest BCUT2D eigenvalue weighted by Crippen LogP contribution is -2.26. The lowest BCUT2D eigenvalue weighted by Gasteiger charge is -2.09. The van der Waals surface area contributed by atoms with Gasteiger partial charge < -0.3 is 0 Å². The Bertz CT molecular complexity index is 1890. The van der Waals surface area contributed by atoms with Crippen molar-refractivity contribution < 1.29 is 9.59 Å². The van der Waals surface area contributed by atoms with Crippen LogP contribution in [-0.4, -0.2) is 31.3 Å². The zero-order valence-corrected chi connectivity index (χ0v) is 22.8. The molecule has 6 rings (SSSR count). The lowest BCUT2D eigenvalue weighted by atomic mass is 9.98. The van der Waals surface area contributed by atoms with Gasteiger partial charge in [-0.1, -0.05) is 108 Å². The van der Waals surface area contributed by atoms with Gasteiger partial charge in [-0.15, -0.1) is 5.10 Å². The van der Waals surface area contributed by atoms with E-state index in [4.69, 9.17) is 5.10 Å². The molecule has 4 aromatic carbocycles. The molecule has 0 aliphatic rings. The van der Waals surface area contributed by atoms with Crippen molar-refractivity contribution >= 4 is 23.0 Å². The molecule has 6 aromatic rings. The van der Waals surface area contributed by atoms with Crippen LogP contribution in [0.4, 0.5) is 0 Å². The number of carbonyl (C=O) groups is 2. The molecule has 0 unspecified atom stereocenters. The topological polar surface area (TPSA) is 94.2 Å². The first-order chi connectivity index (χ1) is 20.1. The van der Waals surface area contributed by atoms with Gasteiger partial charge in [0.1, 0.15) is 11.4 Å². The molecule has 41 heavy (non-hydrogen) atoms. The maximum Gasteiger partial charge on any atom is 0.290 e. The number of hydrogen-bond acceptors (Lipinski definition) is 6. The van der Waals surface area contributed by atoms with Gasteiger partial charge in [-0.25, -0.2) is 14.8 Å². The monoisotopic (exact) mass is 556 g/mol. The maximum atomic E-state index is 14.1. The molecule has 0 saturated heterocycles. The van der Waals surface area contributed by atoms with Gasteiger partial charge in [-0.3, -0.25) is 9.59 Å². The van der Waals surface area contributed by atoms with Gasteiger partial charge in [0.05, 0.1) is 11.4 Å². The molecule has 0 aliphatic carbocycles. The summed E-state index contributed by atoms with van der Waals surface area (Å²) in [6.07, 6.45) is 0. The SMILES string of the molecule is CC(=O)c1nn(-c2ccccc2)/c(=N/NC(=O)c2c(-c3ccccc3)c(-c3ccccc3)nn2-c2ccccc2)s1. The molecule has 9 heteroatoms. The third-order valence-electron chi connectivity index (χ3n) is 6.33. The third-order valence-corrected chi connectivity index (χ3v) is 7.34. The third kappa shape index (κ3) is 5.26. The van der Waals surface area contributed by atoms with Crippen LogP contribution in [0.3, 0.4) is 0 Å². The zero-order valence-electron chi connectivity index (χ0n) is 22.0. The Morgan fingerprint density at radius 2 is 1.20 bits per heavy atom. The Balaban J connectivity index is 1.53. The minimum atomic E-state index is -0.459. The second-order valence-corrected chi connectivity index (χ2v) is 10.1. The Morgan fingerprint density at radius 1 is 0.683 bits per heavy atom. The second-order valence-electron chi connectivity index (χ2n) is 9.10. The van der Waals surface area contributed by atoms with Crippen molar-refractivity contribution in [3.8, 4) is 33.8 Å². The van der Waals surface area contributed by atoms with E-state index in [1.807, 2.05) is 121 Å². The van der Waals surface area contributed by atoms with Crippen LogP contribution in [0.2, 0.25) is 0 Å². The number of benzene rings is 4. The van der Waals surface area contributed by atoms with Crippen LogP contribution in [0.25, 0.3) is 33.8 Å². The number of nitrogens with zero attached hydrogens (tertiary/aromatic N) is 5. The van der Waals surface area contributed by atoms with E-state index in [0.29, 0.717) is 21.8 Å². The molecule has 200 valence electrons. The van der Waals surface area contributed by atoms with E-state index in [2.05, 4.69) is 15.6 Å². The number of ketones is 1. The number of carbonyl (C=O) groups excluding carboxylic acids is 2. The number of nitrogens with one attached hydrogen (secondary N) is 1. The summed E-state index contributed by atoms with van der Waals surface area (Å²) < 4.78 is 3.19. The fraction of sp³-hybridized carbons (Fsp3) is 0.0312. The minimum Gasteiger partial charge on any atom is -0.292 e. The molecule has 8 nitrogen and oxygen atoms in total. The summed E-state index contributed by atoms with van der Waals surface area (Å²) in [7, 11) is 0. The summed E-state index contributed by atoms with van der Waals surface area (Å²) in [5.74, 6) is -0.645. The van der Waals surface area contributed by atoms with E-state index in [1.165, 1.54) is 6.92 Å². The second kappa shape index (κ2) is 11.4. The van der Waals surface area contributed by atoms with Gasteiger partial charge in [-0.2, -0.15) is 10.2 Å². The standard InChI is InChI=1S/C32H24N6O2S/c1-22(39)31-36-38(26-20-12-5-13-21-26)32(41-31)34-33-30(40)29-27(23-14-6-2-7-15-23)28(24-16-8-3-9-17-24)35-37(29)25-18-10-4-11-19-25/h2-21H,1H3,(H,33,40)/b34-32-. The lowest BCUT2D eigenvalue weighted by molar-refractivity contribution is 0.0944. The van der Waals surface area contributed by atoms with Crippen LogP contribution in [-0.2, 0) is 0 Å². The van der Waals surface area contributed by atoms with Crippen LogP contribution in [0.1, 0.15) is 27.2 Å². The molecule has 0 atom stereocenters. The predicted octanol–water partition coefficient (Wildman–Crippen LogP) is 5.90. The Hall–Kier alpha value is -5.41. The summed E-state index contributed by atoms with van der Waals surface area (Å²) in [6.45, 7) is 1.45. The highest BCUT2D eigenvalue weighted by Gasteiger charge is 2.26. The zero-order chi connectivity index (χ0) is 28.2. The molecule has 1 amide bonds. The van der Waals surface area contributed by atoms with Crippen LogP contribution < -0.4 is 10.2 Å². The first kappa shape index (κ1) is 25.8. The fourth-order valence-corrected chi connectivity index (χ4v) is 5.21. The van der Waals surface area contributed by atoms with Crippen LogP contribution in [0.15, 0.2) is 126 Å². The van der Waals surface area contributed by atoms with Crippen LogP contribution >= 0.6 is 11.3 Å². The van der Waals surface area contributed by atoms with Crippen molar-refractivity contribution in [3.05, 3.63) is 137 Å². The van der Waals surface area contributed by atoms with Crippen LogP contribution in [0.5, 0.6) is 0 Å². The highest BCUT2D eigenvalue weighted by atomic mass is 32.1. The smallest absolute Gasteiger partial charge is 0.290 e. The molecule has 0 spiro atoms. The van der Waals surface area contributed by atoms with Gasteiger partial charge in [0.15, 0.2) is 10.8 Å². The van der Waals surface area contributed by atoms with Crippen molar-refractivity contribution in [3.63, 3.8) is 0 Å².